The zero-order valence-corrected chi connectivity index (χ0v) is 14.6. The minimum atomic E-state index is 0.270. The summed E-state index contributed by atoms with van der Waals surface area (Å²) in [6.45, 7) is 4.15. The molecule has 2 N–H and O–H groups in total. The number of methoxy groups -OCH3 is 1. The summed E-state index contributed by atoms with van der Waals surface area (Å²) in [7, 11) is 1.59. The maximum Gasteiger partial charge on any atom is 0.229 e. The van der Waals surface area contributed by atoms with Crippen molar-refractivity contribution in [3.05, 3.63) is 47.5 Å². The van der Waals surface area contributed by atoms with Crippen molar-refractivity contribution in [2.45, 2.75) is 19.9 Å². The first-order chi connectivity index (χ1) is 11.6. The molecule has 0 amide bonds. The quantitative estimate of drug-likeness (QED) is 0.693. The number of aromatic nitrogens is 2. The lowest BCUT2D eigenvalue weighted by atomic mass is 10.2. The normalized spacial score (nSPS) is 10.9. The lowest BCUT2D eigenvalue weighted by Crippen LogP contribution is -2.12. The summed E-state index contributed by atoms with van der Waals surface area (Å²) in [5, 5.41) is 8.09. The maximum atomic E-state index is 6.17. The molecule has 0 bridgehead atoms. The zero-order chi connectivity index (χ0) is 17.1. The highest BCUT2D eigenvalue weighted by molar-refractivity contribution is 6.32. The third-order valence-electron chi connectivity index (χ3n) is 3.44. The molecule has 0 saturated heterocycles. The van der Waals surface area contributed by atoms with Crippen molar-refractivity contribution in [2.75, 3.05) is 17.7 Å². The SMILES string of the molecule is COc1ccc(Nc2nc(NC(C)C)c3ccccc3n2)cc1Cl. The minimum absolute atomic E-state index is 0.270. The average Bonchev–Trinajstić information content (AvgIpc) is 2.54. The molecule has 0 aliphatic carbocycles. The Kier molecular flexibility index (Phi) is 4.71. The molecule has 124 valence electrons. The molecule has 3 rings (SSSR count). The van der Waals surface area contributed by atoms with Gasteiger partial charge in [0, 0.05) is 17.1 Å². The highest BCUT2D eigenvalue weighted by Crippen LogP contribution is 2.29. The fraction of sp³-hybridized carbons (Fsp3) is 0.222. The van der Waals surface area contributed by atoms with E-state index in [-0.39, 0.29) is 6.04 Å². The fourth-order valence-electron chi connectivity index (χ4n) is 2.39. The van der Waals surface area contributed by atoms with Gasteiger partial charge in [-0.25, -0.2) is 4.98 Å². The summed E-state index contributed by atoms with van der Waals surface area (Å²) in [5.74, 6) is 1.94. The molecular formula is C18H19ClN4O. The van der Waals surface area contributed by atoms with E-state index in [9.17, 15) is 0 Å². The van der Waals surface area contributed by atoms with Crippen LogP contribution in [0.15, 0.2) is 42.5 Å². The number of hydrogen-bond donors (Lipinski definition) is 2. The van der Waals surface area contributed by atoms with Gasteiger partial charge in [-0.2, -0.15) is 4.98 Å². The molecule has 0 aliphatic rings. The van der Waals surface area contributed by atoms with Crippen LogP contribution in [0.5, 0.6) is 5.75 Å². The van der Waals surface area contributed by atoms with Crippen LogP contribution >= 0.6 is 11.6 Å². The molecule has 2 aromatic carbocycles. The molecule has 24 heavy (non-hydrogen) atoms. The van der Waals surface area contributed by atoms with Gasteiger partial charge in [0.05, 0.1) is 17.6 Å². The number of nitrogens with zero attached hydrogens (tertiary/aromatic N) is 2. The third-order valence-corrected chi connectivity index (χ3v) is 3.73. The van der Waals surface area contributed by atoms with Gasteiger partial charge >= 0.3 is 0 Å². The van der Waals surface area contributed by atoms with Crippen molar-refractivity contribution in [3.8, 4) is 5.75 Å². The maximum absolute atomic E-state index is 6.17. The number of anilines is 3. The van der Waals surface area contributed by atoms with Crippen LogP contribution in [0.3, 0.4) is 0 Å². The van der Waals surface area contributed by atoms with Crippen LogP contribution in [0, 0.1) is 0 Å². The van der Waals surface area contributed by atoms with E-state index >= 15 is 0 Å². The number of halogens is 1. The Morgan fingerprint density at radius 3 is 2.58 bits per heavy atom. The standard InChI is InChI=1S/C18H19ClN4O/c1-11(2)20-17-13-6-4-5-7-15(13)22-18(23-17)21-12-8-9-16(24-3)14(19)10-12/h4-11H,1-3H3,(H2,20,21,22,23). The number of fused-ring (bicyclic) bond motifs is 1. The van der Waals surface area contributed by atoms with E-state index in [4.69, 9.17) is 16.3 Å². The van der Waals surface area contributed by atoms with Crippen LogP contribution in [0.1, 0.15) is 13.8 Å². The predicted molar refractivity (Wildman–Crippen MR) is 99.6 cm³/mol. The lowest BCUT2D eigenvalue weighted by Gasteiger charge is -2.14. The van der Waals surface area contributed by atoms with E-state index in [0.29, 0.717) is 16.7 Å². The van der Waals surface area contributed by atoms with Crippen LogP contribution < -0.4 is 15.4 Å². The molecule has 0 radical (unpaired) electrons. The zero-order valence-electron chi connectivity index (χ0n) is 13.8. The van der Waals surface area contributed by atoms with Crippen molar-refractivity contribution in [2.24, 2.45) is 0 Å². The Morgan fingerprint density at radius 1 is 1.08 bits per heavy atom. The highest BCUT2D eigenvalue weighted by Gasteiger charge is 2.09. The van der Waals surface area contributed by atoms with Crippen molar-refractivity contribution < 1.29 is 4.74 Å². The molecule has 0 atom stereocenters. The van der Waals surface area contributed by atoms with Gasteiger partial charge in [0.25, 0.3) is 0 Å². The van der Waals surface area contributed by atoms with E-state index in [1.165, 1.54) is 0 Å². The first-order valence-electron chi connectivity index (χ1n) is 7.70. The predicted octanol–water partition coefficient (Wildman–Crippen LogP) is 4.86. The lowest BCUT2D eigenvalue weighted by molar-refractivity contribution is 0.415. The number of ether oxygens (including phenoxy) is 1. The molecule has 1 heterocycles. The smallest absolute Gasteiger partial charge is 0.229 e. The largest absolute Gasteiger partial charge is 0.495 e. The van der Waals surface area contributed by atoms with Gasteiger partial charge in [-0.3, -0.25) is 0 Å². The van der Waals surface area contributed by atoms with Gasteiger partial charge in [-0.1, -0.05) is 23.7 Å². The van der Waals surface area contributed by atoms with Crippen molar-refractivity contribution in [1.82, 2.24) is 9.97 Å². The molecule has 5 nitrogen and oxygen atoms in total. The van der Waals surface area contributed by atoms with Crippen molar-refractivity contribution in [1.29, 1.82) is 0 Å². The van der Waals surface area contributed by atoms with Crippen LogP contribution in [-0.2, 0) is 0 Å². The minimum Gasteiger partial charge on any atom is -0.495 e. The van der Waals surface area contributed by atoms with E-state index in [1.54, 1.807) is 19.2 Å². The second-order valence-electron chi connectivity index (χ2n) is 5.69. The van der Waals surface area contributed by atoms with Gasteiger partial charge in [-0.05, 0) is 44.2 Å². The first kappa shape index (κ1) is 16.3. The molecular weight excluding hydrogens is 324 g/mol. The topological polar surface area (TPSA) is 59.1 Å². The van der Waals surface area contributed by atoms with E-state index in [0.717, 1.165) is 22.4 Å². The van der Waals surface area contributed by atoms with Gasteiger partial charge in [0.2, 0.25) is 5.95 Å². The summed E-state index contributed by atoms with van der Waals surface area (Å²) in [6.07, 6.45) is 0. The van der Waals surface area contributed by atoms with Crippen LogP contribution in [0.4, 0.5) is 17.5 Å². The molecule has 1 aromatic heterocycles. The summed E-state index contributed by atoms with van der Waals surface area (Å²) >= 11 is 6.17. The van der Waals surface area contributed by atoms with Crippen LogP contribution in [0.25, 0.3) is 10.9 Å². The van der Waals surface area contributed by atoms with Gasteiger partial charge < -0.3 is 15.4 Å². The molecule has 0 aliphatic heterocycles. The number of nitrogens with one attached hydrogen (secondary N) is 2. The number of benzene rings is 2. The Bertz CT molecular complexity index is 867. The number of para-hydroxylation sites is 1. The van der Waals surface area contributed by atoms with E-state index in [2.05, 4.69) is 34.4 Å². The molecule has 3 aromatic rings. The van der Waals surface area contributed by atoms with Crippen LogP contribution in [0.2, 0.25) is 5.02 Å². The van der Waals surface area contributed by atoms with E-state index in [1.807, 2.05) is 30.3 Å². The summed E-state index contributed by atoms with van der Waals surface area (Å²) in [5.41, 5.74) is 1.67. The molecule has 6 heteroatoms. The second-order valence-corrected chi connectivity index (χ2v) is 6.09. The first-order valence-corrected chi connectivity index (χ1v) is 8.08. The monoisotopic (exact) mass is 342 g/mol. The Morgan fingerprint density at radius 2 is 1.88 bits per heavy atom. The van der Waals surface area contributed by atoms with Crippen molar-refractivity contribution in [3.63, 3.8) is 0 Å². The average molecular weight is 343 g/mol. The van der Waals surface area contributed by atoms with Crippen LogP contribution in [-0.4, -0.2) is 23.1 Å². The molecule has 0 unspecified atom stereocenters. The third kappa shape index (κ3) is 3.51. The van der Waals surface area contributed by atoms with Gasteiger partial charge in [0.15, 0.2) is 0 Å². The Labute approximate surface area is 146 Å². The van der Waals surface area contributed by atoms with Gasteiger partial charge in [0.1, 0.15) is 11.6 Å². The van der Waals surface area contributed by atoms with E-state index < -0.39 is 0 Å². The van der Waals surface area contributed by atoms with Crippen molar-refractivity contribution >= 4 is 40.0 Å². The fourth-order valence-corrected chi connectivity index (χ4v) is 2.65. The Hall–Kier alpha value is -2.53. The van der Waals surface area contributed by atoms with Gasteiger partial charge in [-0.15, -0.1) is 0 Å². The second kappa shape index (κ2) is 6.93. The molecule has 0 saturated carbocycles. The highest BCUT2D eigenvalue weighted by atomic mass is 35.5. The molecule has 0 spiro atoms. The summed E-state index contributed by atoms with van der Waals surface area (Å²) < 4.78 is 5.17. The summed E-state index contributed by atoms with van der Waals surface area (Å²) in [6, 6.07) is 13.7. The molecule has 0 fully saturated rings. The number of rotatable bonds is 5. The summed E-state index contributed by atoms with van der Waals surface area (Å²) in [4.78, 5) is 9.18. The Balaban J connectivity index is 1.98. The number of hydrogen-bond acceptors (Lipinski definition) is 5.